The molecular formula is C29H33N5O5S. The predicted molar refractivity (Wildman–Crippen MR) is 151 cm³/mol. The Hall–Kier alpha value is -3.96. The Labute approximate surface area is 233 Å². The number of aromatic nitrogens is 3. The Kier molecular flexibility index (Phi) is 7.52. The van der Waals surface area contributed by atoms with Crippen molar-refractivity contribution in [3.05, 3.63) is 83.3 Å². The fraction of sp³-hybridized carbons (Fsp3) is 0.345. The second kappa shape index (κ2) is 10.9. The Bertz CT molecular complexity index is 1660. The van der Waals surface area contributed by atoms with Gasteiger partial charge in [0.05, 0.1) is 22.6 Å². The largest absolute Gasteiger partial charge is 0.393 e. The average Bonchev–Trinajstić information content (AvgIpc) is 3.59. The normalized spacial score (nSPS) is 18.4. The lowest BCUT2D eigenvalue weighted by molar-refractivity contribution is 0.0856. The molecule has 11 heteroatoms. The van der Waals surface area contributed by atoms with Gasteiger partial charge in [0, 0.05) is 30.7 Å². The van der Waals surface area contributed by atoms with Crippen molar-refractivity contribution in [2.24, 2.45) is 0 Å². The van der Waals surface area contributed by atoms with Gasteiger partial charge >= 0.3 is 0 Å². The maximum atomic E-state index is 13.5. The lowest BCUT2D eigenvalue weighted by atomic mass is 9.93. The topological polar surface area (TPSA) is 135 Å². The fourth-order valence-electron chi connectivity index (χ4n) is 5.27. The van der Waals surface area contributed by atoms with Crippen LogP contribution in [0.25, 0.3) is 10.9 Å². The van der Waals surface area contributed by atoms with Crippen molar-refractivity contribution < 1.29 is 23.1 Å². The number of benzene rings is 2. The zero-order chi connectivity index (χ0) is 28.6. The van der Waals surface area contributed by atoms with E-state index in [1.165, 1.54) is 28.0 Å². The van der Waals surface area contributed by atoms with Crippen LogP contribution in [-0.4, -0.2) is 58.3 Å². The monoisotopic (exact) mass is 563 g/mol. The standard InChI is InChI=1S/C29H33N5O5S/c1-18-7-13-22(14-8-18)40(38,39)33-16-15-24-23(5-4-6-26(24)33)19(2)34-27(17-25(32-34)28(36)30-3)29(37)31-20-9-11-21(35)12-10-20/h4-8,13-17,19-21,35H,9-12H2,1-3H3,(H,30,36)(H,31,37). The third-order valence-corrected chi connectivity index (χ3v) is 9.29. The molecule has 0 aliphatic heterocycles. The first-order valence-corrected chi connectivity index (χ1v) is 14.8. The first-order chi connectivity index (χ1) is 19.1. The van der Waals surface area contributed by atoms with Gasteiger partial charge in [-0.05, 0) is 69.4 Å². The quantitative estimate of drug-likeness (QED) is 0.316. The number of aliphatic hydroxyl groups is 1. The summed E-state index contributed by atoms with van der Waals surface area (Å²) < 4.78 is 29.7. The Morgan fingerprint density at radius 2 is 1.73 bits per heavy atom. The molecule has 0 saturated heterocycles. The maximum Gasteiger partial charge on any atom is 0.271 e. The number of nitrogens with one attached hydrogen (secondary N) is 2. The summed E-state index contributed by atoms with van der Waals surface area (Å²) in [6.07, 6.45) is 3.76. The van der Waals surface area contributed by atoms with Crippen LogP contribution in [0, 0.1) is 6.92 Å². The number of nitrogens with zero attached hydrogens (tertiary/aromatic N) is 3. The summed E-state index contributed by atoms with van der Waals surface area (Å²) in [4.78, 5) is 26.0. The summed E-state index contributed by atoms with van der Waals surface area (Å²) in [6.45, 7) is 3.75. The zero-order valence-corrected chi connectivity index (χ0v) is 23.5. The summed E-state index contributed by atoms with van der Waals surface area (Å²) in [5, 5.41) is 20.6. The molecule has 2 heterocycles. The Morgan fingerprint density at radius 1 is 1.02 bits per heavy atom. The lowest BCUT2D eigenvalue weighted by Crippen LogP contribution is -2.39. The van der Waals surface area contributed by atoms with Crippen LogP contribution in [0.15, 0.2) is 65.7 Å². The Balaban J connectivity index is 1.53. The second-order valence-corrected chi connectivity index (χ2v) is 12.1. The molecule has 5 rings (SSSR count). The number of rotatable bonds is 7. The zero-order valence-electron chi connectivity index (χ0n) is 22.7. The van der Waals surface area contributed by atoms with Crippen LogP contribution in [0.1, 0.15) is 70.8 Å². The molecule has 10 nitrogen and oxygen atoms in total. The molecule has 2 aromatic heterocycles. The van der Waals surface area contributed by atoms with Crippen molar-refractivity contribution in [3.8, 4) is 0 Å². The van der Waals surface area contributed by atoms with Gasteiger partial charge in [-0.1, -0.05) is 29.8 Å². The van der Waals surface area contributed by atoms with Crippen LogP contribution in [0.5, 0.6) is 0 Å². The predicted octanol–water partition coefficient (Wildman–Crippen LogP) is 3.39. The molecule has 1 aliphatic rings. The molecule has 1 saturated carbocycles. The van der Waals surface area contributed by atoms with Gasteiger partial charge in [-0.2, -0.15) is 5.10 Å². The molecule has 1 aliphatic carbocycles. The molecule has 2 aromatic carbocycles. The smallest absolute Gasteiger partial charge is 0.271 e. The first-order valence-electron chi connectivity index (χ1n) is 13.3. The average molecular weight is 564 g/mol. The number of carbonyl (C=O) groups excluding carboxylic acids is 2. The molecule has 0 bridgehead atoms. The highest BCUT2D eigenvalue weighted by Crippen LogP contribution is 2.31. The molecule has 1 fully saturated rings. The number of carbonyl (C=O) groups is 2. The van der Waals surface area contributed by atoms with Crippen LogP contribution in [0.3, 0.4) is 0 Å². The lowest BCUT2D eigenvalue weighted by Gasteiger charge is -2.26. The van der Waals surface area contributed by atoms with E-state index in [4.69, 9.17) is 0 Å². The van der Waals surface area contributed by atoms with Crippen LogP contribution in [0.4, 0.5) is 0 Å². The minimum absolute atomic E-state index is 0.0811. The van der Waals surface area contributed by atoms with Gasteiger partial charge in [0.2, 0.25) is 0 Å². The molecule has 0 spiro atoms. The number of aliphatic hydroxyl groups excluding tert-OH is 1. The summed E-state index contributed by atoms with van der Waals surface area (Å²) >= 11 is 0. The van der Waals surface area contributed by atoms with Crippen molar-refractivity contribution in [3.63, 3.8) is 0 Å². The van der Waals surface area contributed by atoms with Gasteiger partial charge in [-0.3, -0.25) is 14.3 Å². The van der Waals surface area contributed by atoms with E-state index in [0.717, 1.165) is 11.1 Å². The van der Waals surface area contributed by atoms with Crippen LogP contribution in [-0.2, 0) is 10.0 Å². The molecule has 0 radical (unpaired) electrons. The molecule has 4 aromatic rings. The van der Waals surface area contributed by atoms with Crippen molar-refractivity contribution in [1.29, 1.82) is 0 Å². The van der Waals surface area contributed by atoms with E-state index < -0.39 is 22.0 Å². The van der Waals surface area contributed by atoms with Gasteiger partial charge in [0.25, 0.3) is 21.8 Å². The summed E-state index contributed by atoms with van der Waals surface area (Å²) in [5.41, 5.74) is 2.53. The molecular weight excluding hydrogens is 530 g/mol. The van der Waals surface area contributed by atoms with E-state index in [1.54, 1.807) is 42.5 Å². The maximum absolute atomic E-state index is 13.5. The molecule has 1 unspecified atom stereocenters. The van der Waals surface area contributed by atoms with Gasteiger partial charge in [0.1, 0.15) is 5.69 Å². The van der Waals surface area contributed by atoms with E-state index >= 15 is 0 Å². The number of fused-ring (bicyclic) bond motifs is 1. The van der Waals surface area contributed by atoms with Crippen LogP contribution in [0.2, 0.25) is 0 Å². The molecule has 3 N–H and O–H groups in total. The van der Waals surface area contributed by atoms with E-state index in [-0.39, 0.29) is 34.3 Å². The third kappa shape index (κ3) is 5.14. The highest BCUT2D eigenvalue weighted by atomic mass is 32.2. The fourth-order valence-corrected chi connectivity index (χ4v) is 6.62. The molecule has 1 atom stereocenters. The van der Waals surface area contributed by atoms with E-state index in [2.05, 4.69) is 15.7 Å². The van der Waals surface area contributed by atoms with Gasteiger partial charge in [-0.15, -0.1) is 0 Å². The molecule has 2 amide bonds. The van der Waals surface area contributed by atoms with Crippen molar-refractivity contribution in [2.75, 3.05) is 7.05 Å². The van der Waals surface area contributed by atoms with E-state index in [0.29, 0.717) is 36.6 Å². The van der Waals surface area contributed by atoms with Crippen molar-refractivity contribution in [2.45, 2.75) is 62.6 Å². The van der Waals surface area contributed by atoms with Crippen LogP contribution < -0.4 is 10.6 Å². The minimum atomic E-state index is -3.84. The number of hydrogen-bond donors (Lipinski definition) is 3. The highest BCUT2D eigenvalue weighted by molar-refractivity contribution is 7.90. The second-order valence-electron chi connectivity index (χ2n) is 10.3. The summed E-state index contributed by atoms with van der Waals surface area (Å²) in [7, 11) is -2.34. The number of amides is 2. The van der Waals surface area contributed by atoms with E-state index in [1.807, 2.05) is 19.9 Å². The summed E-state index contributed by atoms with van der Waals surface area (Å²) in [5.74, 6) is -0.781. The number of hydrogen-bond acceptors (Lipinski definition) is 6. The number of aryl methyl sites for hydroxylation is 1. The summed E-state index contributed by atoms with van der Waals surface area (Å²) in [6, 6.07) is 14.7. The van der Waals surface area contributed by atoms with Crippen LogP contribution >= 0.6 is 0 Å². The van der Waals surface area contributed by atoms with E-state index in [9.17, 15) is 23.1 Å². The SMILES string of the molecule is CNC(=O)c1cc(C(=O)NC2CCC(O)CC2)n(C(C)c2cccc3c2ccn3S(=O)(=O)c2ccc(C)cc2)n1. The van der Waals surface area contributed by atoms with Crippen molar-refractivity contribution in [1.82, 2.24) is 24.4 Å². The Morgan fingerprint density at radius 3 is 2.40 bits per heavy atom. The van der Waals surface area contributed by atoms with Crippen molar-refractivity contribution >= 4 is 32.7 Å². The first kappa shape index (κ1) is 27.6. The highest BCUT2D eigenvalue weighted by Gasteiger charge is 2.28. The molecule has 210 valence electrons. The van der Waals surface area contributed by atoms with Gasteiger partial charge < -0.3 is 15.7 Å². The van der Waals surface area contributed by atoms with Gasteiger partial charge in [0.15, 0.2) is 5.69 Å². The molecule has 40 heavy (non-hydrogen) atoms. The minimum Gasteiger partial charge on any atom is -0.393 e. The third-order valence-electron chi connectivity index (χ3n) is 7.59. The van der Waals surface area contributed by atoms with Gasteiger partial charge in [-0.25, -0.2) is 12.4 Å².